The van der Waals surface area contributed by atoms with Gasteiger partial charge in [0.25, 0.3) is 11.8 Å². The fourth-order valence-corrected chi connectivity index (χ4v) is 3.64. The topological polar surface area (TPSA) is 138 Å². The minimum atomic E-state index is -1.56. The lowest BCUT2D eigenvalue weighted by molar-refractivity contribution is -0.256. The second kappa shape index (κ2) is 10.4. The first kappa shape index (κ1) is 23.9. The second-order valence-electron chi connectivity index (χ2n) is 7.74. The molecule has 36 heavy (non-hydrogen) atoms. The van der Waals surface area contributed by atoms with Gasteiger partial charge in [-0.05, 0) is 59.7 Å². The largest absolute Gasteiger partial charge is 0.545 e. The van der Waals surface area contributed by atoms with Gasteiger partial charge >= 0.3 is 0 Å². The lowest BCUT2D eigenvalue weighted by Crippen LogP contribution is -2.25. The van der Waals surface area contributed by atoms with E-state index in [-0.39, 0.29) is 33.6 Å². The van der Waals surface area contributed by atoms with Crippen LogP contribution in [0.4, 0.5) is 11.4 Å². The average Bonchev–Trinajstić information content (AvgIpc) is 2.89. The SMILES string of the molecule is O=C(Nc1ccc(-c2ccc(NC(=O)c3ccccc3)cc2C(=O)[O-])c(C(=O)[O-])c1)c1ccccc1. The van der Waals surface area contributed by atoms with Crippen molar-refractivity contribution in [3.05, 3.63) is 119 Å². The number of benzene rings is 4. The predicted octanol–water partition coefficient (Wildman–Crippen LogP) is 2.59. The van der Waals surface area contributed by atoms with Crippen molar-refractivity contribution < 1.29 is 29.4 Å². The summed E-state index contributed by atoms with van der Waals surface area (Å²) in [7, 11) is 0. The summed E-state index contributed by atoms with van der Waals surface area (Å²) in [5.41, 5.74) is 0.574. The zero-order valence-electron chi connectivity index (χ0n) is 18.7. The lowest BCUT2D eigenvalue weighted by Gasteiger charge is -2.18. The van der Waals surface area contributed by atoms with Gasteiger partial charge in [0.2, 0.25) is 0 Å². The van der Waals surface area contributed by atoms with Crippen LogP contribution in [0.15, 0.2) is 97.1 Å². The van der Waals surface area contributed by atoms with E-state index in [2.05, 4.69) is 10.6 Å². The third kappa shape index (κ3) is 5.28. The molecular weight excluding hydrogens is 460 g/mol. The summed E-state index contributed by atoms with van der Waals surface area (Å²) >= 11 is 0. The smallest absolute Gasteiger partial charge is 0.255 e. The Balaban J connectivity index is 1.66. The highest BCUT2D eigenvalue weighted by Gasteiger charge is 2.15. The van der Waals surface area contributed by atoms with Gasteiger partial charge in [0, 0.05) is 33.6 Å². The van der Waals surface area contributed by atoms with Crippen LogP contribution in [0.25, 0.3) is 11.1 Å². The standard InChI is InChI=1S/C28H20N2O6/c31-25(17-7-3-1-4-8-17)29-19-11-13-21(23(15-19)27(33)34)22-14-12-20(16-24(22)28(35)36)30-26(32)18-9-5-2-6-10-18/h1-16H,(H,29,31)(H,30,32)(H,33,34)(H,35,36)/p-2. The van der Waals surface area contributed by atoms with E-state index in [1.165, 1.54) is 36.4 Å². The molecule has 0 heterocycles. The zero-order valence-corrected chi connectivity index (χ0v) is 18.7. The van der Waals surface area contributed by atoms with Gasteiger partial charge in [0.15, 0.2) is 0 Å². The number of anilines is 2. The summed E-state index contributed by atoms with van der Waals surface area (Å²) < 4.78 is 0. The number of carboxylic acid groups (broad SMARTS) is 2. The molecule has 0 aliphatic rings. The quantitative estimate of drug-likeness (QED) is 0.419. The van der Waals surface area contributed by atoms with Gasteiger partial charge in [-0.25, -0.2) is 0 Å². The highest BCUT2D eigenvalue weighted by molar-refractivity contribution is 6.08. The number of carboxylic acids is 2. The lowest BCUT2D eigenvalue weighted by atomic mass is 9.94. The number of rotatable bonds is 7. The van der Waals surface area contributed by atoms with Crippen molar-refractivity contribution in [2.45, 2.75) is 0 Å². The van der Waals surface area contributed by atoms with Gasteiger partial charge in [0.1, 0.15) is 0 Å². The van der Waals surface area contributed by atoms with Crippen molar-refractivity contribution in [2.75, 3.05) is 10.6 Å². The van der Waals surface area contributed by atoms with Crippen molar-refractivity contribution in [1.29, 1.82) is 0 Å². The number of nitrogens with one attached hydrogen (secondary N) is 2. The van der Waals surface area contributed by atoms with E-state index in [9.17, 15) is 29.4 Å². The molecule has 4 rings (SSSR count). The van der Waals surface area contributed by atoms with E-state index in [1.807, 2.05) is 0 Å². The second-order valence-corrected chi connectivity index (χ2v) is 7.74. The number of carbonyl (C=O) groups excluding carboxylic acids is 4. The molecule has 0 aliphatic heterocycles. The molecule has 4 aromatic rings. The van der Waals surface area contributed by atoms with Gasteiger partial charge in [-0.15, -0.1) is 0 Å². The van der Waals surface area contributed by atoms with Crippen molar-refractivity contribution in [3.8, 4) is 11.1 Å². The number of hydrogen-bond donors (Lipinski definition) is 2. The van der Waals surface area contributed by atoms with Crippen LogP contribution >= 0.6 is 0 Å². The maximum Gasteiger partial charge on any atom is 0.255 e. The van der Waals surface area contributed by atoms with E-state index in [0.29, 0.717) is 11.1 Å². The molecule has 0 saturated heterocycles. The summed E-state index contributed by atoms with van der Waals surface area (Å²) in [5.74, 6) is -4.01. The molecule has 0 aromatic heterocycles. The Labute approximate surface area is 205 Å². The van der Waals surface area contributed by atoms with Crippen molar-refractivity contribution in [2.24, 2.45) is 0 Å². The van der Waals surface area contributed by atoms with Crippen LogP contribution in [-0.2, 0) is 0 Å². The molecule has 0 fully saturated rings. The van der Waals surface area contributed by atoms with Crippen LogP contribution in [-0.4, -0.2) is 23.8 Å². The summed E-state index contributed by atoms with van der Waals surface area (Å²) in [6, 6.07) is 24.7. The number of hydrogen-bond acceptors (Lipinski definition) is 6. The molecule has 0 bridgehead atoms. The van der Waals surface area contributed by atoms with Crippen LogP contribution in [0.5, 0.6) is 0 Å². The van der Waals surface area contributed by atoms with Crippen molar-refractivity contribution >= 4 is 35.1 Å². The maximum absolute atomic E-state index is 12.4. The van der Waals surface area contributed by atoms with Gasteiger partial charge in [0.05, 0.1) is 11.9 Å². The Morgan fingerprint density at radius 2 is 0.861 bits per heavy atom. The minimum Gasteiger partial charge on any atom is -0.545 e. The molecule has 4 aromatic carbocycles. The van der Waals surface area contributed by atoms with E-state index in [1.54, 1.807) is 60.7 Å². The fraction of sp³-hybridized carbons (Fsp3) is 0. The highest BCUT2D eigenvalue weighted by Crippen LogP contribution is 2.31. The Kier molecular flexibility index (Phi) is 6.87. The molecule has 8 heteroatoms. The van der Waals surface area contributed by atoms with E-state index in [0.717, 1.165) is 0 Å². The van der Waals surface area contributed by atoms with Crippen LogP contribution in [0.2, 0.25) is 0 Å². The molecular formula is C28H18N2O6-2. The zero-order chi connectivity index (χ0) is 25.7. The van der Waals surface area contributed by atoms with Gasteiger partial charge in [-0.3, -0.25) is 9.59 Å². The molecule has 0 saturated carbocycles. The number of carbonyl (C=O) groups is 4. The fourth-order valence-electron chi connectivity index (χ4n) is 3.64. The Morgan fingerprint density at radius 1 is 0.500 bits per heavy atom. The van der Waals surface area contributed by atoms with Crippen molar-refractivity contribution in [1.82, 2.24) is 0 Å². The Bertz CT molecular complexity index is 1350. The third-order valence-electron chi connectivity index (χ3n) is 5.36. The first-order valence-electron chi connectivity index (χ1n) is 10.8. The molecule has 0 atom stereocenters. The molecule has 0 aliphatic carbocycles. The summed E-state index contributed by atoms with van der Waals surface area (Å²) in [4.78, 5) is 48.7. The first-order chi connectivity index (χ1) is 17.3. The molecule has 0 radical (unpaired) electrons. The summed E-state index contributed by atoms with van der Waals surface area (Å²) in [5, 5.41) is 29.0. The van der Waals surface area contributed by atoms with Crippen LogP contribution in [0.3, 0.4) is 0 Å². The molecule has 0 unspecified atom stereocenters. The molecule has 178 valence electrons. The number of amides is 2. The molecule has 8 nitrogen and oxygen atoms in total. The third-order valence-corrected chi connectivity index (χ3v) is 5.36. The highest BCUT2D eigenvalue weighted by atomic mass is 16.4. The molecule has 2 N–H and O–H groups in total. The predicted molar refractivity (Wildman–Crippen MR) is 129 cm³/mol. The Morgan fingerprint density at radius 3 is 1.19 bits per heavy atom. The molecule has 2 amide bonds. The maximum atomic E-state index is 12.4. The normalized spacial score (nSPS) is 10.3. The van der Waals surface area contributed by atoms with E-state index in [4.69, 9.17) is 0 Å². The van der Waals surface area contributed by atoms with E-state index >= 15 is 0 Å². The van der Waals surface area contributed by atoms with E-state index < -0.39 is 23.8 Å². The molecule has 0 spiro atoms. The van der Waals surface area contributed by atoms with Gasteiger partial charge < -0.3 is 30.4 Å². The first-order valence-corrected chi connectivity index (χ1v) is 10.8. The van der Waals surface area contributed by atoms with Crippen LogP contribution in [0, 0.1) is 0 Å². The van der Waals surface area contributed by atoms with Crippen LogP contribution in [0.1, 0.15) is 41.4 Å². The summed E-state index contributed by atoms with van der Waals surface area (Å²) in [6.07, 6.45) is 0. The average molecular weight is 478 g/mol. The van der Waals surface area contributed by atoms with Gasteiger partial charge in [-0.1, -0.05) is 48.5 Å². The van der Waals surface area contributed by atoms with Crippen LogP contribution < -0.4 is 20.8 Å². The summed E-state index contributed by atoms with van der Waals surface area (Å²) in [6.45, 7) is 0. The minimum absolute atomic E-state index is 0.0489. The number of aromatic carboxylic acids is 2. The Hall–Kier alpha value is -5.24. The van der Waals surface area contributed by atoms with Gasteiger partial charge in [-0.2, -0.15) is 0 Å². The van der Waals surface area contributed by atoms with Crippen molar-refractivity contribution in [3.63, 3.8) is 0 Å². The monoisotopic (exact) mass is 478 g/mol.